The average molecular weight is 397 g/mol. The Bertz CT molecular complexity index is 1100. The summed E-state index contributed by atoms with van der Waals surface area (Å²) in [5, 5.41) is 0.273. The van der Waals surface area contributed by atoms with Crippen LogP contribution in [0.3, 0.4) is 0 Å². The summed E-state index contributed by atoms with van der Waals surface area (Å²) in [6.07, 6.45) is -3.16. The van der Waals surface area contributed by atoms with Gasteiger partial charge in [0.2, 0.25) is 10.0 Å². The van der Waals surface area contributed by atoms with E-state index < -0.39 is 21.9 Å². The predicted octanol–water partition coefficient (Wildman–Crippen LogP) is 3.12. The fraction of sp³-hybridized carbons (Fsp3) is 0.176. The molecule has 27 heavy (non-hydrogen) atoms. The highest BCUT2D eigenvalue weighted by Crippen LogP contribution is 2.34. The van der Waals surface area contributed by atoms with Crippen molar-refractivity contribution in [3.05, 3.63) is 48.3 Å². The quantitative estimate of drug-likeness (QED) is 0.692. The molecule has 0 saturated heterocycles. The molecule has 0 aliphatic carbocycles. The lowest BCUT2D eigenvalue weighted by atomic mass is 10.0. The molecule has 0 bridgehead atoms. The van der Waals surface area contributed by atoms with Crippen LogP contribution in [0.2, 0.25) is 0 Å². The Morgan fingerprint density at radius 1 is 1.19 bits per heavy atom. The standard InChI is InChI=1S/C17H14F3N3O3S/c1-10(24)9-22-27(25,26)12-4-2-11(3-5-12)13-6-7-21-16-14(13)8-15(23-16)17(18,19)20/h2-8,22H,9H2,1H3,(H,21,23). The fourth-order valence-electron chi connectivity index (χ4n) is 2.52. The summed E-state index contributed by atoms with van der Waals surface area (Å²) in [6, 6.07) is 8.13. The summed E-state index contributed by atoms with van der Waals surface area (Å²) in [5.41, 5.74) is 0.178. The number of aromatic nitrogens is 2. The number of Topliss-reactive ketones (excluding diaryl/α,β-unsaturated/α-hetero) is 1. The van der Waals surface area contributed by atoms with Crippen LogP contribution < -0.4 is 4.72 Å². The molecule has 2 heterocycles. The van der Waals surface area contributed by atoms with Crippen molar-refractivity contribution in [3.63, 3.8) is 0 Å². The molecule has 1 aromatic carbocycles. The zero-order valence-corrected chi connectivity index (χ0v) is 14.8. The highest BCUT2D eigenvalue weighted by atomic mass is 32.2. The molecule has 0 atom stereocenters. The van der Waals surface area contributed by atoms with Crippen molar-refractivity contribution in [2.24, 2.45) is 0 Å². The van der Waals surface area contributed by atoms with Crippen LogP contribution in [0.1, 0.15) is 12.6 Å². The zero-order chi connectivity index (χ0) is 19.8. The highest BCUT2D eigenvalue weighted by Gasteiger charge is 2.33. The number of sulfonamides is 1. The molecule has 6 nitrogen and oxygen atoms in total. The Kier molecular flexibility index (Phi) is 4.79. The number of hydrogen-bond acceptors (Lipinski definition) is 4. The molecule has 142 valence electrons. The van der Waals surface area contributed by atoms with Crippen molar-refractivity contribution in [2.75, 3.05) is 6.54 Å². The number of alkyl halides is 3. The van der Waals surface area contributed by atoms with E-state index in [9.17, 15) is 26.4 Å². The van der Waals surface area contributed by atoms with E-state index in [-0.39, 0.29) is 28.3 Å². The Morgan fingerprint density at radius 2 is 1.85 bits per heavy atom. The van der Waals surface area contributed by atoms with Crippen LogP contribution >= 0.6 is 0 Å². The Hall–Kier alpha value is -2.72. The molecule has 2 N–H and O–H groups in total. The summed E-state index contributed by atoms with van der Waals surface area (Å²) in [6.45, 7) is 0.936. The van der Waals surface area contributed by atoms with Gasteiger partial charge in [0.1, 0.15) is 17.1 Å². The molecule has 0 aliphatic heterocycles. The second kappa shape index (κ2) is 6.78. The lowest BCUT2D eigenvalue weighted by molar-refractivity contribution is -0.140. The topological polar surface area (TPSA) is 91.9 Å². The average Bonchev–Trinajstić information content (AvgIpc) is 3.05. The minimum Gasteiger partial charge on any atom is -0.336 e. The normalized spacial score (nSPS) is 12.4. The maximum absolute atomic E-state index is 12.9. The van der Waals surface area contributed by atoms with Gasteiger partial charge in [-0.05, 0) is 42.3 Å². The van der Waals surface area contributed by atoms with Gasteiger partial charge in [0.25, 0.3) is 0 Å². The van der Waals surface area contributed by atoms with Crippen molar-refractivity contribution >= 4 is 26.8 Å². The summed E-state index contributed by atoms with van der Waals surface area (Å²) in [5.74, 6) is -0.331. The number of benzene rings is 1. The van der Waals surface area contributed by atoms with Gasteiger partial charge in [0.15, 0.2) is 0 Å². The Morgan fingerprint density at radius 3 is 2.44 bits per heavy atom. The molecule has 3 aromatic rings. The van der Waals surface area contributed by atoms with Crippen molar-refractivity contribution in [3.8, 4) is 11.1 Å². The Balaban J connectivity index is 1.98. The van der Waals surface area contributed by atoms with Crippen LogP contribution in [0.4, 0.5) is 13.2 Å². The van der Waals surface area contributed by atoms with Crippen molar-refractivity contribution in [1.82, 2.24) is 14.7 Å². The van der Waals surface area contributed by atoms with Crippen LogP contribution in [0.5, 0.6) is 0 Å². The largest absolute Gasteiger partial charge is 0.431 e. The molecule has 0 spiro atoms. The summed E-state index contributed by atoms with van der Waals surface area (Å²) in [7, 11) is -3.85. The molecule has 10 heteroatoms. The number of aromatic amines is 1. The van der Waals surface area contributed by atoms with Gasteiger partial charge < -0.3 is 4.98 Å². The lowest BCUT2D eigenvalue weighted by Crippen LogP contribution is -2.28. The smallest absolute Gasteiger partial charge is 0.336 e. The van der Waals surface area contributed by atoms with Gasteiger partial charge in [0, 0.05) is 11.6 Å². The maximum atomic E-state index is 12.9. The summed E-state index contributed by atoms with van der Waals surface area (Å²) < 4.78 is 65.1. The minimum absolute atomic E-state index is 0.0529. The molecule has 0 aliphatic rings. The fourth-order valence-corrected chi connectivity index (χ4v) is 3.58. The van der Waals surface area contributed by atoms with Gasteiger partial charge in [-0.15, -0.1) is 0 Å². The molecular formula is C17H14F3N3O3S. The molecule has 0 unspecified atom stereocenters. The van der Waals surface area contributed by atoms with Crippen molar-refractivity contribution in [2.45, 2.75) is 18.0 Å². The molecule has 3 rings (SSSR count). The van der Waals surface area contributed by atoms with Gasteiger partial charge in [0.05, 0.1) is 11.4 Å². The van der Waals surface area contributed by atoms with E-state index in [1.807, 2.05) is 0 Å². The first-order valence-electron chi connectivity index (χ1n) is 7.72. The molecule has 0 amide bonds. The summed E-state index contributed by atoms with van der Waals surface area (Å²) >= 11 is 0. The van der Waals surface area contributed by atoms with Gasteiger partial charge in [-0.2, -0.15) is 13.2 Å². The van der Waals surface area contributed by atoms with E-state index >= 15 is 0 Å². The predicted molar refractivity (Wildman–Crippen MR) is 92.4 cm³/mol. The second-order valence-electron chi connectivity index (χ2n) is 5.85. The van der Waals surface area contributed by atoms with Crippen LogP contribution in [-0.2, 0) is 21.0 Å². The number of halogens is 3. The van der Waals surface area contributed by atoms with Crippen LogP contribution in [0.25, 0.3) is 22.2 Å². The molecule has 0 fully saturated rings. The molecule has 2 aromatic heterocycles. The first-order chi connectivity index (χ1) is 12.6. The van der Waals surface area contributed by atoms with Crippen LogP contribution in [0, 0.1) is 0 Å². The number of rotatable bonds is 5. The third kappa shape index (κ3) is 4.01. The maximum Gasteiger partial charge on any atom is 0.431 e. The van der Waals surface area contributed by atoms with Crippen molar-refractivity contribution < 1.29 is 26.4 Å². The monoisotopic (exact) mass is 397 g/mol. The highest BCUT2D eigenvalue weighted by molar-refractivity contribution is 7.89. The zero-order valence-electron chi connectivity index (χ0n) is 14.0. The lowest BCUT2D eigenvalue weighted by Gasteiger charge is -2.07. The number of ketones is 1. The number of H-pyrrole nitrogens is 1. The van der Waals surface area contributed by atoms with Gasteiger partial charge in [-0.3, -0.25) is 4.79 Å². The molecular weight excluding hydrogens is 383 g/mol. The minimum atomic E-state index is -4.53. The third-order valence-corrected chi connectivity index (χ3v) is 5.24. The van der Waals surface area contributed by atoms with E-state index in [0.717, 1.165) is 6.07 Å². The van der Waals surface area contributed by atoms with Gasteiger partial charge >= 0.3 is 6.18 Å². The van der Waals surface area contributed by atoms with E-state index in [1.165, 1.54) is 37.4 Å². The number of carbonyl (C=O) groups is 1. The summed E-state index contributed by atoms with van der Waals surface area (Å²) in [4.78, 5) is 17.0. The number of pyridine rings is 1. The van der Waals surface area contributed by atoms with E-state index in [4.69, 9.17) is 0 Å². The van der Waals surface area contributed by atoms with E-state index in [0.29, 0.717) is 11.1 Å². The number of carbonyl (C=O) groups excluding carboxylic acids is 1. The number of hydrogen-bond donors (Lipinski definition) is 2. The number of nitrogens with one attached hydrogen (secondary N) is 2. The molecule has 0 radical (unpaired) electrons. The molecule has 0 saturated carbocycles. The second-order valence-corrected chi connectivity index (χ2v) is 7.62. The first-order valence-corrected chi connectivity index (χ1v) is 9.21. The number of fused-ring (bicyclic) bond motifs is 1. The van der Waals surface area contributed by atoms with Gasteiger partial charge in [-0.1, -0.05) is 12.1 Å². The first kappa shape index (κ1) is 19.1. The van der Waals surface area contributed by atoms with Crippen LogP contribution in [-0.4, -0.2) is 30.7 Å². The number of nitrogens with zero attached hydrogens (tertiary/aromatic N) is 1. The van der Waals surface area contributed by atoms with E-state index in [1.54, 1.807) is 6.07 Å². The van der Waals surface area contributed by atoms with Crippen LogP contribution in [0.15, 0.2) is 47.5 Å². The SMILES string of the molecule is CC(=O)CNS(=O)(=O)c1ccc(-c2ccnc3[nH]c(C(F)(F)F)cc23)cc1. The Labute approximate surface area is 152 Å². The van der Waals surface area contributed by atoms with Gasteiger partial charge in [-0.25, -0.2) is 18.1 Å². The third-order valence-electron chi connectivity index (χ3n) is 3.82. The van der Waals surface area contributed by atoms with Crippen molar-refractivity contribution in [1.29, 1.82) is 0 Å². The van der Waals surface area contributed by atoms with E-state index in [2.05, 4.69) is 14.7 Å².